The summed E-state index contributed by atoms with van der Waals surface area (Å²) in [6.45, 7) is 0. The van der Waals surface area contributed by atoms with Crippen LogP contribution in [0.15, 0.2) is 100 Å². The molecule has 0 spiro atoms. The molecule has 0 unspecified atom stereocenters. The van der Waals surface area contributed by atoms with Crippen molar-refractivity contribution in [3.05, 3.63) is 101 Å². The maximum absolute atomic E-state index is 13.9. The molecule has 0 atom stereocenters. The van der Waals surface area contributed by atoms with E-state index in [0.29, 0.717) is 21.9 Å². The third kappa shape index (κ3) is 3.07. The van der Waals surface area contributed by atoms with Gasteiger partial charge < -0.3 is 8.94 Å². The average molecular weight is 362 g/mol. The third-order valence-electron chi connectivity index (χ3n) is 4.02. The minimum absolute atomic E-state index is 0.378. The van der Waals surface area contributed by atoms with E-state index in [0.717, 1.165) is 5.39 Å². The molecular weight excluding hydrogens is 347 g/mol. The van der Waals surface area contributed by atoms with Gasteiger partial charge in [-0.25, -0.2) is 4.79 Å². The molecule has 1 aromatic heterocycles. The first kappa shape index (κ1) is 16.4. The second kappa shape index (κ2) is 6.66. The van der Waals surface area contributed by atoms with E-state index in [-0.39, 0.29) is 0 Å². The monoisotopic (exact) mass is 362 g/mol. The lowest BCUT2D eigenvalue weighted by Gasteiger charge is -2.20. The molecule has 0 fully saturated rings. The van der Waals surface area contributed by atoms with Crippen molar-refractivity contribution in [1.29, 1.82) is 0 Å². The maximum atomic E-state index is 13.9. The summed E-state index contributed by atoms with van der Waals surface area (Å²) in [5.74, 6) is 0.378. The highest BCUT2D eigenvalue weighted by molar-refractivity contribution is 7.74. The van der Waals surface area contributed by atoms with Crippen LogP contribution in [0.25, 0.3) is 11.0 Å². The van der Waals surface area contributed by atoms with E-state index in [2.05, 4.69) is 0 Å². The van der Waals surface area contributed by atoms with Gasteiger partial charge in [0, 0.05) is 17.5 Å². The molecule has 0 aliphatic rings. The summed E-state index contributed by atoms with van der Waals surface area (Å²) in [7, 11) is -3.36. The summed E-state index contributed by atoms with van der Waals surface area (Å²) in [4.78, 5) is 11.5. The molecule has 0 bridgehead atoms. The molecule has 0 amide bonds. The zero-order valence-electron chi connectivity index (χ0n) is 13.7. The largest absolute Gasteiger partial charge is 0.437 e. The fourth-order valence-corrected chi connectivity index (χ4v) is 4.80. The van der Waals surface area contributed by atoms with Gasteiger partial charge in [-0.2, -0.15) is 0 Å². The Hall–Kier alpha value is -3.10. The Morgan fingerprint density at radius 2 is 1.31 bits per heavy atom. The van der Waals surface area contributed by atoms with Gasteiger partial charge in [-0.15, -0.1) is 0 Å². The highest BCUT2D eigenvalue weighted by Gasteiger charge is 2.30. The van der Waals surface area contributed by atoms with Crippen molar-refractivity contribution in [3.63, 3.8) is 0 Å². The predicted octanol–water partition coefficient (Wildman–Crippen LogP) is 4.10. The molecule has 0 N–H and O–H groups in total. The molecule has 5 heteroatoms. The van der Waals surface area contributed by atoms with Gasteiger partial charge in [-0.1, -0.05) is 36.4 Å². The molecule has 0 saturated carbocycles. The van der Waals surface area contributed by atoms with Crippen molar-refractivity contribution < 1.29 is 13.5 Å². The minimum Gasteiger partial charge on any atom is -0.437 e. The Labute approximate surface area is 150 Å². The first-order chi connectivity index (χ1) is 12.6. The Balaban J connectivity index is 1.83. The van der Waals surface area contributed by atoms with Crippen LogP contribution in [0.1, 0.15) is 0 Å². The topological polar surface area (TPSA) is 56.5 Å². The fraction of sp³-hybridized carbons (Fsp3) is 0. The van der Waals surface area contributed by atoms with Crippen molar-refractivity contribution in [2.75, 3.05) is 0 Å². The molecule has 1 heterocycles. The predicted molar refractivity (Wildman–Crippen MR) is 103 cm³/mol. The van der Waals surface area contributed by atoms with Crippen molar-refractivity contribution in [3.8, 4) is 5.75 Å². The fourth-order valence-electron chi connectivity index (χ4n) is 2.75. The van der Waals surface area contributed by atoms with Crippen LogP contribution in [0, 0.1) is 0 Å². The maximum Gasteiger partial charge on any atom is 0.336 e. The summed E-state index contributed by atoms with van der Waals surface area (Å²) >= 11 is 0. The van der Waals surface area contributed by atoms with E-state index < -0.39 is 13.0 Å². The molecule has 0 radical (unpaired) electrons. The smallest absolute Gasteiger partial charge is 0.336 e. The van der Waals surface area contributed by atoms with Crippen LogP contribution < -0.4 is 20.8 Å². The van der Waals surface area contributed by atoms with E-state index in [1.54, 1.807) is 48.5 Å². The second-order valence-corrected chi connectivity index (χ2v) is 8.09. The van der Waals surface area contributed by atoms with Crippen LogP contribution in [0.5, 0.6) is 5.75 Å². The number of fused-ring (bicyclic) bond motifs is 1. The Kier molecular flexibility index (Phi) is 4.19. The third-order valence-corrected chi connectivity index (χ3v) is 6.44. The molecule has 4 aromatic rings. The van der Waals surface area contributed by atoms with Crippen molar-refractivity contribution in [2.45, 2.75) is 0 Å². The van der Waals surface area contributed by atoms with E-state index in [4.69, 9.17) is 8.94 Å². The SMILES string of the molecule is O=c1ccc2ccc(OP(=O)(c3ccccc3)c3ccccc3)cc2o1. The van der Waals surface area contributed by atoms with Crippen LogP contribution in [0.4, 0.5) is 0 Å². The van der Waals surface area contributed by atoms with Gasteiger partial charge in [0.2, 0.25) is 0 Å². The number of benzene rings is 3. The van der Waals surface area contributed by atoms with Crippen LogP contribution in [-0.2, 0) is 4.57 Å². The number of hydrogen-bond donors (Lipinski definition) is 0. The Bertz CT molecular complexity index is 1110. The lowest BCUT2D eigenvalue weighted by atomic mass is 10.2. The van der Waals surface area contributed by atoms with Crippen molar-refractivity contribution in [2.24, 2.45) is 0 Å². The van der Waals surface area contributed by atoms with Crippen molar-refractivity contribution >= 4 is 28.9 Å². The van der Waals surface area contributed by atoms with Crippen molar-refractivity contribution in [1.82, 2.24) is 0 Å². The minimum atomic E-state index is -3.36. The van der Waals surface area contributed by atoms with Gasteiger partial charge in [0.15, 0.2) is 0 Å². The van der Waals surface area contributed by atoms with E-state index in [9.17, 15) is 9.36 Å². The quantitative estimate of drug-likeness (QED) is 0.405. The van der Waals surface area contributed by atoms with Gasteiger partial charge in [0.05, 0.1) is 10.6 Å². The van der Waals surface area contributed by atoms with Crippen LogP contribution in [0.2, 0.25) is 0 Å². The molecule has 128 valence electrons. The highest BCUT2D eigenvalue weighted by Crippen LogP contribution is 2.45. The number of rotatable bonds is 4. The zero-order valence-corrected chi connectivity index (χ0v) is 14.6. The molecule has 0 saturated heterocycles. The van der Waals surface area contributed by atoms with Gasteiger partial charge >= 0.3 is 13.0 Å². The lowest BCUT2D eigenvalue weighted by Crippen LogP contribution is -2.20. The normalized spacial score (nSPS) is 11.4. The van der Waals surface area contributed by atoms with Gasteiger partial charge in [-0.05, 0) is 42.5 Å². The first-order valence-electron chi connectivity index (χ1n) is 8.10. The molecule has 26 heavy (non-hydrogen) atoms. The molecule has 0 aliphatic carbocycles. The Morgan fingerprint density at radius 1 is 0.731 bits per heavy atom. The molecule has 4 rings (SSSR count). The summed E-state index contributed by atoms with van der Waals surface area (Å²) in [6.07, 6.45) is 0. The standard InChI is InChI=1S/C21H15O4P/c22-21-14-12-16-11-13-17(15-20(16)24-21)25-26(23,18-7-3-1-4-8-18)19-9-5-2-6-10-19/h1-15H. The second-order valence-electron chi connectivity index (χ2n) is 5.77. The molecule has 4 nitrogen and oxygen atoms in total. The van der Waals surface area contributed by atoms with Gasteiger partial charge in [0.25, 0.3) is 0 Å². The highest BCUT2D eigenvalue weighted by atomic mass is 31.2. The number of hydrogen-bond acceptors (Lipinski definition) is 4. The average Bonchev–Trinajstić information content (AvgIpc) is 2.69. The van der Waals surface area contributed by atoms with Gasteiger partial charge in [-0.3, -0.25) is 4.57 Å². The lowest BCUT2D eigenvalue weighted by molar-refractivity contribution is 0.501. The first-order valence-corrected chi connectivity index (χ1v) is 9.72. The molecule has 3 aromatic carbocycles. The summed E-state index contributed by atoms with van der Waals surface area (Å²) in [5, 5.41) is 1.97. The zero-order chi connectivity index (χ0) is 18.0. The van der Waals surface area contributed by atoms with Crippen LogP contribution in [0.3, 0.4) is 0 Å². The van der Waals surface area contributed by atoms with Crippen LogP contribution >= 0.6 is 7.37 Å². The van der Waals surface area contributed by atoms with Crippen LogP contribution in [-0.4, -0.2) is 0 Å². The summed E-state index contributed by atoms with van der Waals surface area (Å²) in [5.41, 5.74) is -0.0494. The van der Waals surface area contributed by atoms with E-state index >= 15 is 0 Å². The van der Waals surface area contributed by atoms with Gasteiger partial charge in [0.1, 0.15) is 11.3 Å². The van der Waals surface area contributed by atoms with E-state index in [1.807, 2.05) is 36.4 Å². The Morgan fingerprint density at radius 3 is 1.92 bits per heavy atom. The molecule has 0 aliphatic heterocycles. The molecular formula is C21H15O4P. The van der Waals surface area contributed by atoms with E-state index in [1.165, 1.54) is 6.07 Å². The summed E-state index contributed by atoms with van der Waals surface area (Å²) < 4.78 is 25.1. The summed E-state index contributed by atoms with van der Waals surface area (Å²) in [6, 6.07) is 26.3.